The van der Waals surface area contributed by atoms with Gasteiger partial charge in [-0.1, -0.05) is 0 Å². The Morgan fingerprint density at radius 2 is 2.31 bits per heavy atom. The predicted octanol–water partition coefficient (Wildman–Crippen LogP) is 1.41. The fraction of sp³-hybridized carbons (Fsp3) is 0.0909. The maximum atomic E-state index is 11.1. The van der Waals surface area contributed by atoms with Gasteiger partial charge in [0.05, 0.1) is 24.1 Å². The van der Waals surface area contributed by atoms with Crippen LogP contribution in [0.25, 0.3) is 11.0 Å². The first-order chi connectivity index (χ1) is 7.67. The number of rotatable bonds is 2. The van der Waals surface area contributed by atoms with Gasteiger partial charge in [0.25, 0.3) is 5.91 Å². The molecule has 16 heavy (non-hydrogen) atoms. The predicted molar refractivity (Wildman–Crippen MR) is 56.0 cm³/mol. The number of ether oxygens (including phenoxy) is 1. The molecular formula is C11H8N2O3. The van der Waals surface area contributed by atoms with E-state index in [2.05, 4.69) is 0 Å². The molecule has 80 valence electrons. The summed E-state index contributed by atoms with van der Waals surface area (Å²) in [7, 11) is 1.41. The summed E-state index contributed by atoms with van der Waals surface area (Å²) in [6.07, 6.45) is 0. The number of hydrogen-bond donors (Lipinski definition) is 1. The van der Waals surface area contributed by atoms with Gasteiger partial charge in [0.1, 0.15) is 5.58 Å². The van der Waals surface area contributed by atoms with Crippen molar-refractivity contribution in [1.29, 1.82) is 5.26 Å². The summed E-state index contributed by atoms with van der Waals surface area (Å²) in [6, 6.07) is 6.78. The SMILES string of the molecule is COc1c(C(N)=O)oc2ccc(C#N)cc12. The molecule has 0 bridgehead atoms. The van der Waals surface area contributed by atoms with E-state index in [9.17, 15) is 4.79 Å². The second-order valence-corrected chi connectivity index (χ2v) is 3.15. The van der Waals surface area contributed by atoms with E-state index in [0.29, 0.717) is 16.5 Å². The van der Waals surface area contributed by atoms with E-state index in [1.807, 2.05) is 6.07 Å². The molecule has 0 fully saturated rings. The van der Waals surface area contributed by atoms with Gasteiger partial charge < -0.3 is 14.9 Å². The van der Waals surface area contributed by atoms with Crippen molar-refractivity contribution in [2.75, 3.05) is 7.11 Å². The second kappa shape index (κ2) is 3.59. The topological polar surface area (TPSA) is 89.2 Å². The Balaban J connectivity index is 2.79. The second-order valence-electron chi connectivity index (χ2n) is 3.15. The number of nitrogens with two attached hydrogens (primary N) is 1. The lowest BCUT2D eigenvalue weighted by Gasteiger charge is -1.97. The van der Waals surface area contributed by atoms with Crippen LogP contribution < -0.4 is 10.5 Å². The molecule has 0 aliphatic carbocycles. The minimum atomic E-state index is -0.702. The third-order valence-electron chi connectivity index (χ3n) is 2.20. The minimum absolute atomic E-state index is 0.0346. The van der Waals surface area contributed by atoms with Crippen molar-refractivity contribution in [2.24, 2.45) is 5.73 Å². The van der Waals surface area contributed by atoms with Gasteiger partial charge in [0.2, 0.25) is 5.76 Å². The van der Waals surface area contributed by atoms with E-state index in [1.54, 1.807) is 18.2 Å². The van der Waals surface area contributed by atoms with Crippen molar-refractivity contribution in [3.63, 3.8) is 0 Å². The quantitative estimate of drug-likeness (QED) is 0.821. The summed E-state index contributed by atoms with van der Waals surface area (Å²) in [6.45, 7) is 0. The molecule has 5 heteroatoms. The standard InChI is InChI=1S/C11H8N2O3/c1-15-9-7-4-6(5-12)2-3-8(7)16-10(9)11(13)14/h2-4H,1H3,(H2,13,14). The Kier molecular flexibility index (Phi) is 2.25. The molecule has 2 aromatic rings. The maximum Gasteiger partial charge on any atom is 0.288 e. The molecule has 1 aromatic carbocycles. The molecule has 2 N–H and O–H groups in total. The Morgan fingerprint density at radius 3 is 2.88 bits per heavy atom. The van der Waals surface area contributed by atoms with Crippen LogP contribution in [-0.2, 0) is 0 Å². The lowest BCUT2D eigenvalue weighted by atomic mass is 10.1. The van der Waals surface area contributed by atoms with Crippen molar-refractivity contribution in [3.05, 3.63) is 29.5 Å². The Bertz CT molecular complexity index is 607. The van der Waals surface area contributed by atoms with Crippen LogP contribution in [0.3, 0.4) is 0 Å². The monoisotopic (exact) mass is 216 g/mol. The molecule has 5 nitrogen and oxygen atoms in total. The van der Waals surface area contributed by atoms with Crippen molar-refractivity contribution >= 4 is 16.9 Å². The number of nitriles is 1. The highest BCUT2D eigenvalue weighted by atomic mass is 16.5. The zero-order valence-corrected chi connectivity index (χ0v) is 8.48. The van der Waals surface area contributed by atoms with E-state index in [1.165, 1.54) is 7.11 Å². The number of primary amides is 1. The number of nitrogens with zero attached hydrogens (tertiary/aromatic N) is 1. The highest BCUT2D eigenvalue weighted by molar-refractivity contribution is 6.00. The molecule has 0 atom stereocenters. The van der Waals surface area contributed by atoms with Gasteiger partial charge in [-0.15, -0.1) is 0 Å². The van der Waals surface area contributed by atoms with Crippen LogP contribution in [0.2, 0.25) is 0 Å². The van der Waals surface area contributed by atoms with Gasteiger partial charge >= 0.3 is 0 Å². The molecule has 0 aliphatic rings. The molecule has 2 rings (SSSR count). The number of methoxy groups -OCH3 is 1. The Hall–Kier alpha value is -2.48. The van der Waals surface area contributed by atoms with Crippen LogP contribution in [0.4, 0.5) is 0 Å². The lowest BCUT2D eigenvalue weighted by Crippen LogP contribution is -2.10. The highest BCUT2D eigenvalue weighted by Gasteiger charge is 2.19. The molecule has 1 heterocycles. The summed E-state index contributed by atoms with van der Waals surface area (Å²) >= 11 is 0. The summed E-state index contributed by atoms with van der Waals surface area (Å²) in [5.74, 6) is -0.473. The highest BCUT2D eigenvalue weighted by Crippen LogP contribution is 2.33. The Morgan fingerprint density at radius 1 is 1.56 bits per heavy atom. The number of amides is 1. The van der Waals surface area contributed by atoms with Crippen LogP contribution in [0.15, 0.2) is 22.6 Å². The minimum Gasteiger partial charge on any atom is -0.492 e. The largest absolute Gasteiger partial charge is 0.492 e. The number of carbonyl (C=O) groups is 1. The first kappa shape index (κ1) is 10.1. The molecule has 0 unspecified atom stereocenters. The van der Waals surface area contributed by atoms with E-state index >= 15 is 0 Å². The molecule has 0 radical (unpaired) electrons. The smallest absolute Gasteiger partial charge is 0.288 e. The molecule has 0 saturated heterocycles. The van der Waals surface area contributed by atoms with E-state index in [0.717, 1.165) is 0 Å². The first-order valence-electron chi connectivity index (χ1n) is 4.48. The van der Waals surface area contributed by atoms with Crippen molar-refractivity contribution in [3.8, 4) is 11.8 Å². The van der Waals surface area contributed by atoms with Gasteiger partial charge in [0.15, 0.2) is 5.75 Å². The maximum absolute atomic E-state index is 11.1. The molecular weight excluding hydrogens is 208 g/mol. The first-order valence-corrected chi connectivity index (χ1v) is 4.48. The third kappa shape index (κ3) is 1.37. The average molecular weight is 216 g/mol. The number of benzene rings is 1. The lowest BCUT2D eigenvalue weighted by molar-refractivity contribution is 0.0972. The van der Waals surface area contributed by atoms with E-state index in [4.69, 9.17) is 20.1 Å². The number of furan rings is 1. The van der Waals surface area contributed by atoms with Gasteiger partial charge in [-0.05, 0) is 18.2 Å². The summed E-state index contributed by atoms with van der Waals surface area (Å²) in [4.78, 5) is 11.1. The molecule has 0 saturated carbocycles. The van der Waals surface area contributed by atoms with E-state index in [-0.39, 0.29) is 11.5 Å². The van der Waals surface area contributed by atoms with E-state index < -0.39 is 5.91 Å². The van der Waals surface area contributed by atoms with Crippen molar-refractivity contribution in [2.45, 2.75) is 0 Å². The molecule has 0 spiro atoms. The van der Waals surface area contributed by atoms with Crippen molar-refractivity contribution < 1.29 is 13.9 Å². The average Bonchev–Trinajstić information content (AvgIpc) is 2.66. The fourth-order valence-electron chi connectivity index (χ4n) is 1.51. The van der Waals surface area contributed by atoms with Gasteiger partial charge in [-0.3, -0.25) is 4.79 Å². The van der Waals surface area contributed by atoms with Crippen LogP contribution >= 0.6 is 0 Å². The third-order valence-corrected chi connectivity index (χ3v) is 2.20. The zero-order valence-electron chi connectivity index (χ0n) is 8.48. The van der Waals surface area contributed by atoms with Crippen LogP contribution in [0.5, 0.6) is 5.75 Å². The summed E-state index contributed by atoms with van der Waals surface area (Å²) in [5.41, 5.74) is 6.07. The molecule has 0 aliphatic heterocycles. The van der Waals surface area contributed by atoms with Gasteiger partial charge in [0, 0.05) is 0 Å². The van der Waals surface area contributed by atoms with Crippen LogP contribution in [0, 0.1) is 11.3 Å². The molecule has 1 amide bonds. The zero-order chi connectivity index (χ0) is 11.7. The molecule has 1 aromatic heterocycles. The summed E-state index contributed by atoms with van der Waals surface area (Å²) in [5, 5.41) is 9.33. The summed E-state index contributed by atoms with van der Waals surface area (Å²) < 4.78 is 10.3. The number of fused-ring (bicyclic) bond motifs is 1. The Labute approximate surface area is 91.0 Å². The number of hydrogen-bond acceptors (Lipinski definition) is 4. The van der Waals surface area contributed by atoms with Crippen LogP contribution in [-0.4, -0.2) is 13.0 Å². The van der Waals surface area contributed by atoms with Crippen molar-refractivity contribution in [1.82, 2.24) is 0 Å². The fourth-order valence-corrected chi connectivity index (χ4v) is 1.51. The van der Waals surface area contributed by atoms with Gasteiger partial charge in [-0.25, -0.2) is 0 Å². The van der Waals surface area contributed by atoms with Gasteiger partial charge in [-0.2, -0.15) is 5.26 Å². The number of carbonyl (C=O) groups excluding carboxylic acids is 1. The normalized spacial score (nSPS) is 10.0. The van der Waals surface area contributed by atoms with Crippen LogP contribution in [0.1, 0.15) is 16.1 Å².